The van der Waals surface area contributed by atoms with E-state index in [2.05, 4.69) is 32.5 Å². The van der Waals surface area contributed by atoms with Crippen molar-refractivity contribution < 1.29 is 0 Å². The Morgan fingerprint density at radius 1 is 0.875 bits per heavy atom. The standard InChI is InChI=1S/C19H21N5/c1-2-11-21-17-13-18(22-14-16-10-6-7-12-20-16)24-19(23-17)15-8-4-3-5-9-15/h3-10,12-13H,2,11,14H2,1H3,(H2,21,22,23,24). The van der Waals surface area contributed by atoms with Crippen molar-refractivity contribution >= 4 is 11.6 Å². The predicted molar refractivity (Wildman–Crippen MR) is 97.8 cm³/mol. The fraction of sp³-hybridized carbons (Fsp3) is 0.211. The number of aromatic nitrogens is 3. The van der Waals surface area contributed by atoms with E-state index in [4.69, 9.17) is 0 Å². The van der Waals surface area contributed by atoms with Crippen LogP contribution < -0.4 is 10.6 Å². The van der Waals surface area contributed by atoms with Gasteiger partial charge in [0.1, 0.15) is 11.6 Å². The average molecular weight is 319 g/mol. The second kappa shape index (κ2) is 8.06. The van der Waals surface area contributed by atoms with Crippen molar-refractivity contribution in [1.82, 2.24) is 15.0 Å². The Morgan fingerprint density at radius 3 is 2.33 bits per heavy atom. The lowest BCUT2D eigenvalue weighted by molar-refractivity contribution is 0.963. The SMILES string of the molecule is CCCNc1cc(NCc2ccccn2)nc(-c2ccccc2)n1. The van der Waals surface area contributed by atoms with E-state index in [0.29, 0.717) is 12.4 Å². The van der Waals surface area contributed by atoms with Crippen LogP contribution in [0.5, 0.6) is 0 Å². The zero-order valence-corrected chi connectivity index (χ0v) is 13.7. The normalized spacial score (nSPS) is 10.4. The van der Waals surface area contributed by atoms with Gasteiger partial charge in [0.2, 0.25) is 0 Å². The van der Waals surface area contributed by atoms with Gasteiger partial charge in [0.05, 0.1) is 12.2 Å². The summed E-state index contributed by atoms with van der Waals surface area (Å²) in [4.78, 5) is 13.6. The minimum absolute atomic E-state index is 0.624. The molecule has 0 saturated carbocycles. The Bertz CT molecular complexity index is 759. The monoisotopic (exact) mass is 319 g/mol. The average Bonchev–Trinajstić information content (AvgIpc) is 2.66. The van der Waals surface area contributed by atoms with E-state index in [1.807, 2.05) is 54.6 Å². The summed E-state index contributed by atoms with van der Waals surface area (Å²) in [5.41, 5.74) is 1.97. The number of rotatable bonds is 7. The minimum Gasteiger partial charge on any atom is -0.370 e. The summed E-state index contributed by atoms with van der Waals surface area (Å²) in [6, 6.07) is 17.8. The maximum Gasteiger partial charge on any atom is 0.163 e. The van der Waals surface area contributed by atoms with Gasteiger partial charge in [0.15, 0.2) is 5.82 Å². The molecule has 0 aliphatic carbocycles. The number of benzene rings is 1. The second-order valence-corrected chi connectivity index (χ2v) is 5.43. The fourth-order valence-electron chi connectivity index (χ4n) is 2.28. The van der Waals surface area contributed by atoms with Crippen LogP contribution >= 0.6 is 0 Å². The minimum atomic E-state index is 0.624. The van der Waals surface area contributed by atoms with E-state index in [-0.39, 0.29) is 0 Å². The van der Waals surface area contributed by atoms with Gasteiger partial charge in [-0.1, -0.05) is 43.3 Å². The zero-order chi connectivity index (χ0) is 16.6. The molecule has 0 unspecified atom stereocenters. The summed E-state index contributed by atoms with van der Waals surface area (Å²) in [5, 5.41) is 6.67. The van der Waals surface area contributed by atoms with Gasteiger partial charge < -0.3 is 10.6 Å². The molecule has 3 rings (SSSR count). The lowest BCUT2D eigenvalue weighted by atomic mass is 10.2. The van der Waals surface area contributed by atoms with Crippen LogP contribution in [-0.4, -0.2) is 21.5 Å². The van der Waals surface area contributed by atoms with Gasteiger partial charge in [-0.3, -0.25) is 4.98 Å². The first-order chi connectivity index (χ1) is 11.8. The molecule has 0 amide bonds. The molecule has 1 aromatic carbocycles. The molecule has 5 heteroatoms. The number of hydrogen-bond acceptors (Lipinski definition) is 5. The molecule has 0 radical (unpaired) electrons. The smallest absolute Gasteiger partial charge is 0.163 e. The summed E-state index contributed by atoms with van der Waals surface area (Å²) in [7, 11) is 0. The lowest BCUT2D eigenvalue weighted by Gasteiger charge is -2.11. The zero-order valence-electron chi connectivity index (χ0n) is 13.7. The highest BCUT2D eigenvalue weighted by atomic mass is 15.1. The molecule has 0 atom stereocenters. The van der Waals surface area contributed by atoms with E-state index < -0.39 is 0 Å². The molecule has 2 aromatic heterocycles. The highest BCUT2D eigenvalue weighted by Crippen LogP contribution is 2.20. The van der Waals surface area contributed by atoms with Crippen molar-refractivity contribution in [3.63, 3.8) is 0 Å². The number of hydrogen-bond donors (Lipinski definition) is 2. The third kappa shape index (κ3) is 4.29. The molecule has 0 aliphatic heterocycles. The molecule has 0 spiro atoms. The van der Waals surface area contributed by atoms with E-state index in [1.54, 1.807) is 6.20 Å². The van der Waals surface area contributed by atoms with Crippen molar-refractivity contribution in [2.75, 3.05) is 17.2 Å². The van der Waals surface area contributed by atoms with Gasteiger partial charge in [0, 0.05) is 24.4 Å². The van der Waals surface area contributed by atoms with E-state index >= 15 is 0 Å². The maximum absolute atomic E-state index is 4.64. The Labute approximate surface area is 142 Å². The van der Waals surface area contributed by atoms with Gasteiger partial charge >= 0.3 is 0 Å². The molecule has 0 fully saturated rings. The van der Waals surface area contributed by atoms with Gasteiger partial charge in [0.25, 0.3) is 0 Å². The molecule has 2 N–H and O–H groups in total. The van der Waals surface area contributed by atoms with Crippen LogP contribution in [0.2, 0.25) is 0 Å². The number of nitrogens with one attached hydrogen (secondary N) is 2. The molecular formula is C19H21N5. The Kier molecular flexibility index (Phi) is 5.35. The Morgan fingerprint density at radius 2 is 1.62 bits per heavy atom. The largest absolute Gasteiger partial charge is 0.370 e. The summed E-state index contributed by atoms with van der Waals surface area (Å²) >= 11 is 0. The molecule has 2 heterocycles. The fourth-order valence-corrected chi connectivity index (χ4v) is 2.28. The first-order valence-corrected chi connectivity index (χ1v) is 8.17. The molecule has 0 saturated heterocycles. The van der Waals surface area contributed by atoms with Gasteiger partial charge in [-0.05, 0) is 18.6 Å². The van der Waals surface area contributed by atoms with E-state index in [1.165, 1.54) is 0 Å². The predicted octanol–water partition coefficient (Wildman–Crippen LogP) is 3.97. The van der Waals surface area contributed by atoms with Crippen LogP contribution in [0.1, 0.15) is 19.0 Å². The number of nitrogens with zero attached hydrogens (tertiary/aromatic N) is 3. The van der Waals surface area contributed by atoms with Crippen LogP contribution in [0.3, 0.4) is 0 Å². The highest BCUT2D eigenvalue weighted by Gasteiger charge is 2.07. The number of pyridine rings is 1. The summed E-state index contributed by atoms with van der Waals surface area (Å²) in [5.74, 6) is 2.32. The van der Waals surface area contributed by atoms with Crippen LogP contribution in [0.4, 0.5) is 11.6 Å². The van der Waals surface area contributed by atoms with Crippen molar-refractivity contribution in [3.8, 4) is 11.4 Å². The lowest BCUT2D eigenvalue weighted by Crippen LogP contribution is -2.08. The van der Waals surface area contributed by atoms with Crippen LogP contribution in [0, 0.1) is 0 Å². The quantitative estimate of drug-likeness (QED) is 0.690. The molecule has 0 aliphatic rings. The molecular weight excluding hydrogens is 298 g/mol. The van der Waals surface area contributed by atoms with Crippen LogP contribution in [0.15, 0.2) is 60.8 Å². The van der Waals surface area contributed by atoms with Crippen molar-refractivity contribution in [3.05, 3.63) is 66.5 Å². The van der Waals surface area contributed by atoms with Crippen LogP contribution in [0.25, 0.3) is 11.4 Å². The third-order valence-electron chi connectivity index (χ3n) is 3.49. The van der Waals surface area contributed by atoms with Gasteiger partial charge in [-0.25, -0.2) is 9.97 Å². The van der Waals surface area contributed by atoms with Crippen molar-refractivity contribution in [2.24, 2.45) is 0 Å². The van der Waals surface area contributed by atoms with E-state index in [9.17, 15) is 0 Å². The summed E-state index contributed by atoms with van der Waals surface area (Å²) in [6.45, 7) is 3.64. The van der Waals surface area contributed by atoms with Gasteiger partial charge in [-0.2, -0.15) is 0 Å². The molecule has 24 heavy (non-hydrogen) atoms. The van der Waals surface area contributed by atoms with Crippen molar-refractivity contribution in [1.29, 1.82) is 0 Å². The maximum atomic E-state index is 4.64. The van der Waals surface area contributed by atoms with Crippen LogP contribution in [-0.2, 0) is 6.54 Å². The molecule has 3 aromatic rings. The van der Waals surface area contributed by atoms with E-state index in [0.717, 1.165) is 35.9 Å². The van der Waals surface area contributed by atoms with Gasteiger partial charge in [-0.15, -0.1) is 0 Å². The highest BCUT2D eigenvalue weighted by molar-refractivity contribution is 5.61. The summed E-state index contributed by atoms with van der Waals surface area (Å²) in [6.07, 6.45) is 2.84. The summed E-state index contributed by atoms with van der Waals surface area (Å²) < 4.78 is 0. The first-order valence-electron chi connectivity index (χ1n) is 8.17. The first kappa shape index (κ1) is 15.9. The molecule has 5 nitrogen and oxygen atoms in total. The topological polar surface area (TPSA) is 62.7 Å². The Balaban J connectivity index is 1.84. The molecule has 122 valence electrons. The third-order valence-corrected chi connectivity index (χ3v) is 3.49. The molecule has 0 bridgehead atoms. The Hall–Kier alpha value is -2.95. The van der Waals surface area contributed by atoms with Crippen molar-refractivity contribution in [2.45, 2.75) is 19.9 Å². The number of anilines is 2. The second-order valence-electron chi connectivity index (χ2n) is 5.43.